The van der Waals surface area contributed by atoms with E-state index in [2.05, 4.69) is 4.98 Å². The van der Waals surface area contributed by atoms with Crippen molar-refractivity contribution in [3.05, 3.63) is 35.8 Å². The largest absolute Gasteiger partial charge is 0.481 e. The number of aromatic nitrogens is 1. The first-order chi connectivity index (χ1) is 7.92. The van der Waals surface area contributed by atoms with Crippen LogP contribution in [0.4, 0.5) is 4.39 Å². The Morgan fingerprint density at radius 3 is 2.82 bits per heavy atom. The topological polar surface area (TPSA) is 53.1 Å². The van der Waals surface area contributed by atoms with Crippen molar-refractivity contribution in [3.8, 4) is 0 Å². The van der Waals surface area contributed by atoms with Crippen molar-refractivity contribution in [2.45, 2.75) is 25.7 Å². The molecule has 90 valence electrons. The van der Waals surface area contributed by atoms with Crippen LogP contribution in [0.15, 0.2) is 24.4 Å². The summed E-state index contributed by atoms with van der Waals surface area (Å²) < 4.78 is 13.8. The molecule has 1 aromatic heterocycles. The van der Waals surface area contributed by atoms with Crippen LogP contribution < -0.4 is 0 Å². The molecule has 2 rings (SSSR count). The van der Waals surface area contributed by atoms with E-state index in [0.29, 0.717) is 16.5 Å². The molecule has 0 saturated carbocycles. The highest BCUT2D eigenvalue weighted by Crippen LogP contribution is 2.34. The van der Waals surface area contributed by atoms with Crippen LogP contribution in [0.3, 0.4) is 0 Å². The maximum absolute atomic E-state index is 13.8. The van der Waals surface area contributed by atoms with Crippen molar-refractivity contribution < 1.29 is 14.3 Å². The van der Waals surface area contributed by atoms with Gasteiger partial charge in [-0.1, -0.05) is 19.9 Å². The van der Waals surface area contributed by atoms with E-state index in [1.807, 2.05) is 0 Å². The van der Waals surface area contributed by atoms with Gasteiger partial charge in [0.2, 0.25) is 0 Å². The van der Waals surface area contributed by atoms with E-state index in [0.717, 1.165) is 0 Å². The van der Waals surface area contributed by atoms with Crippen molar-refractivity contribution in [2.75, 3.05) is 0 Å². The lowest BCUT2D eigenvalue weighted by atomic mass is 9.81. The number of aliphatic carboxylic acids is 1. The van der Waals surface area contributed by atoms with E-state index in [-0.39, 0.29) is 12.2 Å². The minimum atomic E-state index is -0.888. The number of hydrogen-bond acceptors (Lipinski definition) is 1. The number of nitrogens with one attached hydrogen (secondary N) is 1. The number of hydrogen-bond donors (Lipinski definition) is 2. The minimum absolute atomic E-state index is 0.0334. The zero-order valence-electron chi connectivity index (χ0n) is 9.75. The molecule has 3 nitrogen and oxygen atoms in total. The fourth-order valence-corrected chi connectivity index (χ4v) is 2.15. The van der Waals surface area contributed by atoms with Crippen LogP contribution in [0.25, 0.3) is 10.9 Å². The number of carbonyl (C=O) groups is 1. The van der Waals surface area contributed by atoms with Crippen molar-refractivity contribution in [1.82, 2.24) is 4.98 Å². The second-order valence-electron chi connectivity index (χ2n) is 4.82. The van der Waals surface area contributed by atoms with Crippen LogP contribution in [0.5, 0.6) is 0 Å². The summed E-state index contributed by atoms with van der Waals surface area (Å²) in [5, 5.41) is 9.37. The quantitative estimate of drug-likeness (QED) is 0.859. The lowest BCUT2D eigenvalue weighted by Crippen LogP contribution is -2.21. The lowest BCUT2D eigenvalue weighted by molar-refractivity contribution is -0.138. The average Bonchev–Trinajstić information content (AvgIpc) is 2.61. The Labute approximate surface area is 98.3 Å². The predicted octanol–water partition coefficient (Wildman–Crippen LogP) is 3.06. The molecule has 0 radical (unpaired) electrons. The van der Waals surface area contributed by atoms with E-state index in [9.17, 15) is 9.18 Å². The molecule has 4 heteroatoms. The first kappa shape index (κ1) is 11.6. The number of benzene rings is 1. The van der Waals surface area contributed by atoms with E-state index < -0.39 is 11.4 Å². The van der Waals surface area contributed by atoms with Crippen LogP contribution in [0.1, 0.15) is 25.8 Å². The van der Waals surface area contributed by atoms with Crippen molar-refractivity contribution in [2.24, 2.45) is 0 Å². The first-order valence-electron chi connectivity index (χ1n) is 5.40. The van der Waals surface area contributed by atoms with Crippen LogP contribution in [0.2, 0.25) is 0 Å². The molecule has 1 aromatic carbocycles. The number of halogens is 1. The number of carboxylic acid groups (broad SMARTS) is 1. The number of fused-ring (bicyclic) bond motifs is 1. The fourth-order valence-electron chi connectivity index (χ4n) is 2.15. The van der Waals surface area contributed by atoms with E-state index in [1.165, 1.54) is 6.07 Å². The first-order valence-corrected chi connectivity index (χ1v) is 5.40. The molecule has 2 N–H and O–H groups in total. The third-order valence-electron chi connectivity index (χ3n) is 2.98. The molecule has 0 aliphatic carbocycles. The summed E-state index contributed by atoms with van der Waals surface area (Å²) in [5.74, 6) is -1.21. The second kappa shape index (κ2) is 3.87. The van der Waals surface area contributed by atoms with Gasteiger partial charge >= 0.3 is 5.97 Å². The van der Waals surface area contributed by atoms with Gasteiger partial charge in [-0.2, -0.15) is 0 Å². The van der Waals surface area contributed by atoms with E-state index in [1.54, 1.807) is 32.2 Å². The molecule has 0 spiro atoms. The average molecular weight is 235 g/mol. The van der Waals surface area contributed by atoms with Gasteiger partial charge in [0.25, 0.3) is 0 Å². The van der Waals surface area contributed by atoms with Crippen LogP contribution in [-0.2, 0) is 10.2 Å². The monoisotopic (exact) mass is 235 g/mol. The molecule has 0 unspecified atom stereocenters. The molecule has 0 bridgehead atoms. The van der Waals surface area contributed by atoms with Gasteiger partial charge in [0.05, 0.1) is 6.42 Å². The molecule has 2 aromatic rings. The van der Waals surface area contributed by atoms with Crippen molar-refractivity contribution in [3.63, 3.8) is 0 Å². The second-order valence-corrected chi connectivity index (χ2v) is 4.82. The number of H-pyrrole nitrogens is 1. The fraction of sp³-hybridized carbons (Fsp3) is 0.308. The molecular weight excluding hydrogens is 221 g/mol. The van der Waals surface area contributed by atoms with Gasteiger partial charge in [-0.25, -0.2) is 4.39 Å². The van der Waals surface area contributed by atoms with Gasteiger partial charge in [-0.05, 0) is 17.7 Å². The summed E-state index contributed by atoms with van der Waals surface area (Å²) in [6, 6.07) is 4.79. The molecule has 0 aliphatic rings. The summed E-state index contributed by atoms with van der Waals surface area (Å²) in [7, 11) is 0. The highest BCUT2D eigenvalue weighted by Gasteiger charge is 2.28. The van der Waals surface area contributed by atoms with Crippen LogP contribution in [0, 0.1) is 5.82 Å². The minimum Gasteiger partial charge on any atom is -0.481 e. The number of carboxylic acids is 1. The molecule has 0 amide bonds. The molecule has 0 saturated heterocycles. The Bertz CT molecular complexity index is 572. The van der Waals surface area contributed by atoms with E-state index in [4.69, 9.17) is 5.11 Å². The van der Waals surface area contributed by atoms with Crippen LogP contribution >= 0.6 is 0 Å². The van der Waals surface area contributed by atoms with Gasteiger partial charge in [0.15, 0.2) is 0 Å². The summed E-state index contributed by atoms with van der Waals surface area (Å²) >= 11 is 0. The van der Waals surface area contributed by atoms with Crippen molar-refractivity contribution >= 4 is 16.9 Å². The van der Waals surface area contributed by atoms with Crippen molar-refractivity contribution in [1.29, 1.82) is 0 Å². The van der Waals surface area contributed by atoms with E-state index >= 15 is 0 Å². The maximum atomic E-state index is 13.8. The zero-order chi connectivity index (χ0) is 12.6. The Morgan fingerprint density at radius 1 is 1.47 bits per heavy atom. The van der Waals surface area contributed by atoms with Gasteiger partial charge in [-0.15, -0.1) is 0 Å². The highest BCUT2D eigenvalue weighted by molar-refractivity contribution is 5.85. The summed E-state index contributed by atoms with van der Waals surface area (Å²) in [6.07, 6.45) is 1.66. The number of rotatable bonds is 3. The Kier molecular flexibility index (Phi) is 2.65. The third kappa shape index (κ3) is 2.02. The summed E-state index contributed by atoms with van der Waals surface area (Å²) in [4.78, 5) is 13.8. The standard InChI is InChI=1S/C13H14FNO2/c1-13(2,6-11(16)17)8-7-15-10-5-3-4-9(14)12(8)10/h3-5,7,15H,6H2,1-2H3,(H,16,17). The van der Waals surface area contributed by atoms with Gasteiger partial charge < -0.3 is 10.1 Å². The predicted molar refractivity (Wildman–Crippen MR) is 63.5 cm³/mol. The molecule has 0 aliphatic heterocycles. The molecule has 0 atom stereocenters. The smallest absolute Gasteiger partial charge is 0.304 e. The Hall–Kier alpha value is -1.84. The molecular formula is C13H14FNO2. The highest BCUT2D eigenvalue weighted by atomic mass is 19.1. The Morgan fingerprint density at radius 2 is 2.18 bits per heavy atom. The third-order valence-corrected chi connectivity index (χ3v) is 2.98. The maximum Gasteiger partial charge on any atom is 0.304 e. The molecule has 0 fully saturated rings. The molecule has 17 heavy (non-hydrogen) atoms. The normalized spacial score (nSPS) is 11.9. The Balaban J connectivity index is 2.59. The van der Waals surface area contributed by atoms with Gasteiger partial charge in [-0.3, -0.25) is 4.79 Å². The van der Waals surface area contributed by atoms with Gasteiger partial charge in [0, 0.05) is 22.5 Å². The number of aromatic amines is 1. The zero-order valence-corrected chi connectivity index (χ0v) is 9.75. The lowest BCUT2D eigenvalue weighted by Gasteiger charge is -2.22. The SMILES string of the molecule is CC(C)(CC(=O)O)c1c[nH]c2cccc(F)c12. The summed E-state index contributed by atoms with van der Waals surface area (Å²) in [6.45, 7) is 3.60. The summed E-state index contributed by atoms with van der Waals surface area (Å²) in [5.41, 5.74) is 0.790. The van der Waals surface area contributed by atoms with Gasteiger partial charge in [0.1, 0.15) is 5.82 Å². The van der Waals surface area contributed by atoms with Crippen LogP contribution in [-0.4, -0.2) is 16.1 Å². The molecule has 1 heterocycles.